The first-order valence-electron chi connectivity index (χ1n) is 5.79. The summed E-state index contributed by atoms with van der Waals surface area (Å²) in [6, 6.07) is 6.62. The minimum atomic E-state index is -3.55. The highest BCUT2D eigenvalue weighted by atomic mass is 32.2. The van der Waals surface area contributed by atoms with Gasteiger partial charge in [-0.05, 0) is 32.9 Å². The molecule has 0 fully saturated rings. The summed E-state index contributed by atoms with van der Waals surface area (Å²) in [5.41, 5.74) is 0.988. The van der Waals surface area contributed by atoms with E-state index < -0.39 is 20.6 Å². The molecule has 0 heterocycles. The van der Waals surface area contributed by atoms with Crippen LogP contribution in [-0.4, -0.2) is 26.2 Å². The van der Waals surface area contributed by atoms with Crippen LogP contribution in [0.3, 0.4) is 0 Å². The molecule has 0 aliphatic heterocycles. The standard InChI is InChI=1S/C14H18O4S/c1-11-5-7-12(8-6-11)19(16,17)14(2,3)10-9-13(15)18-4/h5-10H,1-4H3/b10-9+. The Kier molecular flexibility index (Phi) is 4.52. The molecule has 0 saturated carbocycles. The van der Waals surface area contributed by atoms with Gasteiger partial charge in [0.25, 0.3) is 0 Å². The number of hydrogen-bond donors (Lipinski definition) is 0. The number of carbonyl (C=O) groups excluding carboxylic acids is 1. The summed E-state index contributed by atoms with van der Waals surface area (Å²) < 4.78 is 28.2. The Morgan fingerprint density at radius 2 is 1.74 bits per heavy atom. The Morgan fingerprint density at radius 1 is 1.21 bits per heavy atom. The second kappa shape index (κ2) is 5.57. The van der Waals surface area contributed by atoms with Crippen molar-refractivity contribution in [2.45, 2.75) is 30.4 Å². The van der Waals surface area contributed by atoms with Gasteiger partial charge in [-0.3, -0.25) is 0 Å². The Hall–Kier alpha value is -1.62. The molecule has 104 valence electrons. The molecule has 0 aromatic heterocycles. The molecular weight excluding hydrogens is 264 g/mol. The SMILES string of the molecule is COC(=O)/C=C/C(C)(C)S(=O)(=O)c1ccc(C)cc1. The zero-order chi connectivity index (χ0) is 14.7. The van der Waals surface area contributed by atoms with Gasteiger partial charge in [-0.2, -0.15) is 0 Å². The molecule has 0 bridgehead atoms. The Bertz CT molecular complexity index is 580. The van der Waals surface area contributed by atoms with E-state index in [4.69, 9.17) is 0 Å². The largest absolute Gasteiger partial charge is 0.466 e. The van der Waals surface area contributed by atoms with Gasteiger partial charge < -0.3 is 4.74 Å². The quantitative estimate of drug-likeness (QED) is 0.628. The van der Waals surface area contributed by atoms with Crippen molar-refractivity contribution in [1.29, 1.82) is 0 Å². The van der Waals surface area contributed by atoms with Gasteiger partial charge in [0, 0.05) is 6.08 Å². The fourth-order valence-electron chi connectivity index (χ4n) is 1.45. The summed E-state index contributed by atoms with van der Waals surface area (Å²) in [4.78, 5) is 11.3. The van der Waals surface area contributed by atoms with Gasteiger partial charge in [0.2, 0.25) is 0 Å². The topological polar surface area (TPSA) is 60.4 Å². The molecule has 4 nitrogen and oxygen atoms in total. The van der Waals surface area contributed by atoms with Crippen LogP contribution in [0.25, 0.3) is 0 Å². The molecule has 19 heavy (non-hydrogen) atoms. The van der Waals surface area contributed by atoms with E-state index in [9.17, 15) is 13.2 Å². The highest BCUT2D eigenvalue weighted by molar-refractivity contribution is 7.93. The minimum Gasteiger partial charge on any atom is -0.466 e. The lowest BCUT2D eigenvalue weighted by Crippen LogP contribution is -2.29. The van der Waals surface area contributed by atoms with Crippen LogP contribution in [0.15, 0.2) is 41.3 Å². The number of benzene rings is 1. The van der Waals surface area contributed by atoms with Gasteiger partial charge in [-0.15, -0.1) is 0 Å². The minimum absolute atomic E-state index is 0.234. The Morgan fingerprint density at radius 3 is 2.21 bits per heavy atom. The molecule has 1 rings (SSSR count). The lowest BCUT2D eigenvalue weighted by Gasteiger charge is -2.20. The van der Waals surface area contributed by atoms with Crippen LogP contribution < -0.4 is 0 Å². The van der Waals surface area contributed by atoms with Crippen LogP contribution in [0, 0.1) is 6.92 Å². The molecule has 0 saturated heterocycles. The molecule has 5 heteroatoms. The van der Waals surface area contributed by atoms with Crippen molar-refractivity contribution >= 4 is 15.8 Å². The normalized spacial score (nSPS) is 12.6. The fraction of sp³-hybridized carbons (Fsp3) is 0.357. The summed E-state index contributed by atoms with van der Waals surface area (Å²) in [5.74, 6) is -0.577. The van der Waals surface area contributed by atoms with E-state index in [0.717, 1.165) is 11.6 Å². The number of sulfone groups is 1. The van der Waals surface area contributed by atoms with Crippen molar-refractivity contribution < 1.29 is 17.9 Å². The molecule has 0 radical (unpaired) electrons. The molecule has 0 unspecified atom stereocenters. The number of ether oxygens (including phenoxy) is 1. The van der Waals surface area contributed by atoms with Crippen LogP contribution >= 0.6 is 0 Å². The first-order chi connectivity index (χ1) is 8.70. The zero-order valence-corrected chi connectivity index (χ0v) is 12.3. The maximum Gasteiger partial charge on any atom is 0.330 e. The molecule has 0 aliphatic carbocycles. The van der Waals surface area contributed by atoms with Crippen molar-refractivity contribution in [3.63, 3.8) is 0 Å². The Balaban J connectivity index is 3.15. The average Bonchev–Trinajstić information content (AvgIpc) is 2.36. The number of esters is 1. The second-order valence-corrected chi connectivity index (χ2v) is 7.31. The molecular formula is C14H18O4S. The van der Waals surface area contributed by atoms with Crippen molar-refractivity contribution in [2.75, 3.05) is 7.11 Å². The van der Waals surface area contributed by atoms with Crippen LogP contribution in [0.5, 0.6) is 0 Å². The molecule has 1 aromatic rings. The number of methoxy groups -OCH3 is 1. The van der Waals surface area contributed by atoms with Gasteiger partial charge in [-0.1, -0.05) is 23.8 Å². The predicted molar refractivity (Wildman–Crippen MR) is 73.6 cm³/mol. The number of rotatable bonds is 4. The number of carbonyl (C=O) groups is 1. The maximum absolute atomic E-state index is 12.5. The zero-order valence-electron chi connectivity index (χ0n) is 11.5. The summed E-state index contributed by atoms with van der Waals surface area (Å²) in [7, 11) is -2.31. The number of hydrogen-bond acceptors (Lipinski definition) is 4. The van der Waals surface area contributed by atoms with E-state index in [1.807, 2.05) is 6.92 Å². The van der Waals surface area contributed by atoms with Crippen molar-refractivity contribution in [3.8, 4) is 0 Å². The average molecular weight is 282 g/mol. The van der Waals surface area contributed by atoms with E-state index in [0.29, 0.717) is 0 Å². The van der Waals surface area contributed by atoms with Crippen LogP contribution in [0.4, 0.5) is 0 Å². The molecule has 0 atom stereocenters. The lowest BCUT2D eigenvalue weighted by molar-refractivity contribution is -0.134. The van der Waals surface area contributed by atoms with Gasteiger partial charge in [0.1, 0.15) is 0 Å². The van der Waals surface area contributed by atoms with Crippen molar-refractivity contribution in [3.05, 3.63) is 42.0 Å². The molecule has 0 spiro atoms. The van der Waals surface area contributed by atoms with E-state index in [1.165, 1.54) is 13.2 Å². The van der Waals surface area contributed by atoms with Crippen molar-refractivity contribution in [2.24, 2.45) is 0 Å². The fourth-order valence-corrected chi connectivity index (χ4v) is 2.80. The number of aryl methyl sites for hydroxylation is 1. The first kappa shape index (κ1) is 15.4. The summed E-state index contributed by atoms with van der Waals surface area (Å²) >= 11 is 0. The van der Waals surface area contributed by atoms with Crippen LogP contribution in [0.2, 0.25) is 0 Å². The second-order valence-electron chi connectivity index (χ2n) is 4.78. The van der Waals surface area contributed by atoms with Crippen molar-refractivity contribution in [1.82, 2.24) is 0 Å². The Labute approximate surface area is 114 Å². The predicted octanol–water partition coefficient (Wildman–Crippen LogP) is 2.28. The molecule has 0 aliphatic rings. The van der Waals surface area contributed by atoms with E-state index in [-0.39, 0.29) is 4.90 Å². The van der Waals surface area contributed by atoms with Crippen LogP contribution in [-0.2, 0) is 19.4 Å². The summed E-state index contributed by atoms with van der Waals surface area (Å²) in [6.07, 6.45) is 2.47. The maximum atomic E-state index is 12.5. The first-order valence-corrected chi connectivity index (χ1v) is 7.27. The van der Waals surface area contributed by atoms with Gasteiger partial charge in [-0.25, -0.2) is 13.2 Å². The summed E-state index contributed by atoms with van der Waals surface area (Å²) in [6.45, 7) is 4.97. The highest BCUT2D eigenvalue weighted by Crippen LogP contribution is 2.26. The highest BCUT2D eigenvalue weighted by Gasteiger charge is 2.33. The smallest absolute Gasteiger partial charge is 0.330 e. The van der Waals surface area contributed by atoms with E-state index in [2.05, 4.69) is 4.74 Å². The monoisotopic (exact) mass is 282 g/mol. The molecule has 0 amide bonds. The van der Waals surface area contributed by atoms with E-state index >= 15 is 0 Å². The lowest BCUT2D eigenvalue weighted by atomic mass is 10.2. The summed E-state index contributed by atoms with van der Waals surface area (Å²) in [5, 5.41) is 0. The third kappa shape index (κ3) is 3.44. The van der Waals surface area contributed by atoms with Gasteiger partial charge in [0.15, 0.2) is 9.84 Å². The molecule has 1 aromatic carbocycles. The van der Waals surface area contributed by atoms with Gasteiger partial charge in [0.05, 0.1) is 16.8 Å². The third-order valence-corrected chi connectivity index (χ3v) is 5.26. The van der Waals surface area contributed by atoms with Gasteiger partial charge >= 0.3 is 5.97 Å². The van der Waals surface area contributed by atoms with Crippen LogP contribution in [0.1, 0.15) is 19.4 Å². The molecule has 0 N–H and O–H groups in total. The van der Waals surface area contributed by atoms with E-state index in [1.54, 1.807) is 38.1 Å². The third-order valence-electron chi connectivity index (χ3n) is 2.85.